The van der Waals surface area contributed by atoms with Crippen molar-refractivity contribution >= 4 is 0 Å². The van der Waals surface area contributed by atoms with Crippen LogP contribution in [0.5, 0.6) is 0 Å². The molecule has 1 heterocycles. The number of aryl methyl sites for hydroxylation is 1. The fourth-order valence-electron chi connectivity index (χ4n) is 2.48. The van der Waals surface area contributed by atoms with Crippen molar-refractivity contribution in [1.82, 2.24) is 14.9 Å². The third-order valence-corrected chi connectivity index (χ3v) is 3.67. The van der Waals surface area contributed by atoms with Gasteiger partial charge in [-0.15, -0.1) is 0 Å². The Hall–Kier alpha value is -2.46. The second-order valence-electron chi connectivity index (χ2n) is 5.25. The predicted molar refractivity (Wildman–Crippen MR) is 84.7 cm³/mol. The van der Waals surface area contributed by atoms with Crippen molar-refractivity contribution in [2.24, 2.45) is 7.05 Å². The zero-order valence-electron chi connectivity index (χ0n) is 12.4. The molecule has 0 aliphatic heterocycles. The van der Waals surface area contributed by atoms with Gasteiger partial charge in [-0.1, -0.05) is 42.5 Å². The highest BCUT2D eigenvalue weighted by Crippen LogP contribution is 2.21. The van der Waals surface area contributed by atoms with Gasteiger partial charge in [0.15, 0.2) is 0 Å². The van der Waals surface area contributed by atoms with Crippen LogP contribution in [0.25, 0.3) is 0 Å². The van der Waals surface area contributed by atoms with E-state index in [1.807, 2.05) is 36.0 Å². The highest BCUT2D eigenvalue weighted by Gasteiger charge is 2.17. The van der Waals surface area contributed by atoms with Gasteiger partial charge in [0.05, 0.1) is 6.04 Å². The Morgan fingerprint density at radius 2 is 1.82 bits per heavy atom. The van der Waals surface area contributed by atoms with Crippen molar-refractivity contribution in [2.45, 2.75) is 12.6 Å². The molecule has 22 heavy (non-hydrogen) atoms. The molecule has 0 aliphatic rings. The first kappa shape index (κ1) is 14.5. The van der Waals surface area contributed by atoms with Crippen LogP contribution in [0.3, 0.4) is 0 Å². The zero-order valence-corrected chi connectivity index (χ0v) is 12.4. The number of aromatic nitrogens is 2. The molecule has 3 aromatic rings. The van der Waals surface area contributed by atoms with E-state index in [0.717, 1.165) is 17.9 Å². The molecular weight excluding hydrogens is 277 g/mol. The number of hydrogen-bond acceptors (Lipinski definition) is 2. The average Bonchev–Trinajstić information content (AvgIpc) is 2.96. The largest absolute Gasteiger partial charge is 0.336 e. The lowest BCUT2D eigenvalue weighted by Gasteiger charge is -2.19. The van der Waals surface area contributed by atoms with Crippen LogP contribution in [0, 0.1) is 5.82 Å². The Labute approximate surface area is 129 Å². The second-order valence-corrected chi connectivity index (χ2v) is 5.25. The maximum Gasteiger partial charge on any atom is 0.130 e. The fourth-order valence-corrected chi connectivity index (χ4v) is 2.48. The van der Waals surface area contributed by atoms with Gasteiger partial charge in [-0.05, 0) is 23.3 Å². The minimum atomic E-state index is -0.231. The molecule has 4 heteroatoms. The normalized spacial score (nSPS) is 12.3. The van der Waals surface area contributed by atoms with Crippen LogP contribution < -0.4 is 5.32 Å². The fraction of sp³-hybridized carbons (Fsp3) is 0.167. The lowest BCUT2D eigenvalue weighted by Crippen LogP contribution is -2.24. The van der Waals surface area contributed by atoms with Crippen LogP contribution in [-0.4, -0.2) is 9.55 Å². The zero-order chi connectivity index (χ0) is 15.4. The summed E-state index contributed by atoms with van der Waals surface area (Å²) in [5.74, 6) is 0.674. The second kappa shape index (κ2) is 6.54. The molecule has 1 aromatic heterocycles. The van der Waals surface area contributed by atoms with Crippen LogP contribution >= 0.6 is 0 Å². The van der Waals surface area contributed by atoms with Gasteiger partial charge in [0.2, 0.25) is 0 Å². The maximum absolute atomic E-state index is 13.2. The van der Waals surface area contributed by atoms with Crippen molar-refractivity contribution in [3.63, 3.8) is 0 Å². The molecule has 0 saturated carbocycles. The van der Waals surface area contributed by atoms with Crippen molar-refractivity contribution in [3.05, 3.63) is 89.8 Å². The van der Waals surface area contributed by atoms with Gasteiger partial charge in [-0.3, -0.25) is 5.32 Å². The van der Waals surface area contributed by atoms with Crippen LogP contribution in [-0.2, 0) is 13.6 Å². The van der Waals surface area contributed by atoms with Gasteiger partial charge in [-0.25, -0.2) is 9.37 Å². The molecule has 0 bridgehead atoms. The van der Waals surface area contributed by atoms with E-state index in [-0.39, 0.29) is 11.9 Å². The van der Waals surface area contributed by atoms with Gasteiger partial charge in [0, 0.05) is 26.0 Å². The van der Waals surface area contributed by atoms with Gasteiger partial charge >= 0.3 is 0 Å². The molecule has 3 nitrogen and oxygen atoms in total. The maximum atomic E-state index is 13.2. The van der Waals surface area contributed by atoms with Crippen LogP contribution in [0.15, 0.2) is 67.0 Å². The third-order valence-electron chi connectivity index (χ3n) is 3.67. The number of nitrogens with zero attached hydrogens (tertiary/aromatic N) is 2. The molecule has 0 fully saturated rings. The molecule has 0 aliphatic carbocycles. The van der Waals surface area contributed by atoms with Crippen molar-refractivity contribution in [2.75, 3.05) is 0 Å². The first-order valence-corrected chi connectivity index (χ1v) is 7.24. The number of benzene rings is 2. The quantitative estimate of drug-likeness (QED) is 0.781. The molecule has 1 N–H and O–H groups in total. The Kier molecular flexibility index (Phi) is 4.30. The van der Waals surface area contributed by atoms with Crippen LogP contribution in [0.4, 0.5) is 4.39 Å². The van der Waals surface area contributed by atoms with E-state index in [2.05, 4.69) is 22.4 Å². The summed E-state index contributed by atoms with van der Waals surface area (Å²) in [5.41, 5.74) is 2.19. The van der Waals surface area contributed by atoms with E-state index < -0.39 is 0 Å². The lowest BCUT2D eigenvalue weighted by molar-refractivity contribution is 0.555. The molecule has 1 atom stereocenters. The van der Waals surface area contributed by atoms with Gasteiger partial charge in [-0.2, -0.15) is 0 Å². The van der Waals surface area contributed by atoms with Crippen molar-refractivity contribution in [1.29, 1.82) is 0 Å². The summed E-state index contributed by atoms with van der Waals surface area (Å²) in [6, 6.07) is 16.7. The Morgan fingerprint density at radius 1 is 1.09 bits per heavy atom. The summed E-state index contributed by atoms with van der Waals surface area (Å²) >= 11 is 0. The number of halogens is 1. The molecule has 0 amide bonds. The van der Waals surface area contributed by atoms with Crippen LogP contribution in [0.2, 0.25) is 0 Å². The number of rotatable bonds is 5. The summed E-state index contributed by atoms with van der Waals surface area (Å²) in [4.78, 5) is 4.43. The first-order chi connectivity index (χ1) is 10.7. The van der Waals surface area contributed by atoms with E-state index in [9.17, 15) is 4.39 Å². The van der Waals surface area contributed by atoms with E-state index >= 15 is 0 Å². The van der Waals surface area contributed by atoms with Gasteiger partial charge in [0.25, 0.3) is 0 Å². The standard InChI is InChI=1S/C18H18FN3/c1-22-12-11-20-18(22)17(15-7-9-16(19)10-8-15)21-13-14-5-3-2-4-6-14/h2-12,17,21H,13H2,1H3/t17-/m0/s1. The van der Waals surface area contributed by atoms with Crippen LogP contribution in [0.1, 0.15) is 23.0 Å². The molecule has 112 valence electrons. The lowest BCUT2D eigenvalue weighted by atomic mass is 10.1. The SMILES string of the molecule is Cn1ccnc1[C@@H](NCc1ccccc1)c1ccc(F)cc1. The monoisotopic (exact) mass is 295 g/mol. The Morgan fingerprint density at radius 3 is 2.45 bits per heavy atom. The summed E-state index contributed by atoms with van der Waals surface area (Å²) in [6.45, 7) is 0.718. The smallest absolute Gasteiger partial charge is 0.130 e. The highest BCUT2D eigenvalue weighted by atomic mass is 19.1. The summed E-state index contributed by atoms with van der Waals surface area (Å²) in [6.07, 6.45) is 3.69. The van der Waals surface area contributed by atoms with E-state index in [1.165, 1.54) is 17.7 Å². The minimum Gasteiger partial charge on any atom is -0.336 e. The number of nitrogens with one attached hydrogen (secondary N) is 1. The molecule has 0 radical (unpaired) electrons. The molecule has 3 rings (SSSR count). The average molecular weight is 295 g/mol. The Bertz CT molecular complexity index is 720. The molecule has 0 saturated heterocycles. The topological polar surface area (TPSA) is 29.9 Å². The molecule has 0 spiro atoms. The van der Waals surface area contributed by atoms with Crippen molar-refractivity contribution in [3.8, 4) is 0 Å². The van der Waals surface area contributed by atoms with Crippen molar-refractivity contribution < 1.29 is 4.39 Å². The Balaban J connectivity index is 1.86. The first-order valence-electron chi connectivity index (χ1n) is 7.24. The summed E-state index contributed by atoms with van der Waals surface area (Å²) in [5, 5.41) is 3.51. The third kappa shape index (κ3) is 3.23. The van der Waals surface area contributed by atoms with E-state index in [4.69, 9.17) is 0 Å². The van der Waals surface area contributed by atoms with E-state index in [1.54, 1.807) is 18.3 Å². The summed E-state index contributed by atoms with van der Waals surface area (Å²) < 4.78 is 15.2. The molecular formula is C18H18FN3. The minimum absolute atomic E-state index is 0.0826. The van der Waals surface area contributed by atoms with E-state index in [0.29, 0.717) is 0 Å². The van der Waals surface area contributed by atoms with Gasteiger partial charge in [0.1, 0.15) is 11.6 Å². The highest BCUT2D eigenvalue weighted by molar-refractivity contribution is 5.26. The predicted octanol–water partition coefficient (Wildman–Crippen LogP) is 3.44. The molecule has 0 unspecified atom stereocenters. The van der Waals surface area contributed by atoms with Gasteiger partial charge < -0.3 is 4.57 Å². The number of imidazole rings is 1. The molecule has 2 aromatic carbocycles. The summed E-state index contributed by atoms with van der Waals surface area (Å²) in [7, 11) is 1.96. The number of hydrogen-bond donors (Lipinski definition) is 1.